The third kappa shape index (κ3) is 5.06. The van der Waals surface area contributed by atoms with Gasteiger partial charge in [0, 0.05) is 24.5 Å². The summed E-state index contributed by atoms with van der Waals surface area (Å²) in [5, 5.41) is 6.54. The SMILES string of the molecule is CNC1(CC(=O)NCC(C(C)C)N(C)C)CCCCC1. The van der Waals surface area contributed by atoms with E-state index >= 15 is 0 Å². The molecule has 0 bridgehead atoms. The Hall–Kier alpha value is -0.610. The lowest BCUT2D eigenvalue weighted by molar-refractivity contribution is -0.123. The van der Waals surface area contributed by atoms with Gasteiger partial charge in [-0.1, -0.05) is 33.1 Å². The molecular formula is C16H33N3O. The van der Waals surface area contributed by atoms with Crippen LogP contribution in [0.2, 0.25) is 0 Å². The van der Waals surface area contributed by atoms with Crippen molar-refractivity contribution in [2.75, 3.05) is 27.7 Å². The molecule has 0 heterocycles. The zero-order valence-corrected chi connectivity index (χ0v) is 14.0. The molecule has 0 aromatic rings. The van der Waals surface area contributed by atoms with E-state index in [2.05, 4.69) is 43.5 Å². The van der Waals surface area contributed by atoms with Gasteiger partial charge in [-0.05, 0) is 39.9 Å². The molecule has 1 amide bonds. The topological polar surface area (TPSA) is 44.4 Å². The highest BCUT2D eigenvalue weighted by Gasteiger charge is 2.32. The fourth-order valence-corrected chi connectivity index (χ4v) is 3.35. The summed E-state index contributed by atoms with van der Waals surface area (Å²) in [4.78, 5) is 14.4. The molecule has 0 aromatic heterocycles. The highest BCUT2D eigenvalue weighted by atomic mass is 16.1. The van der Waals surface area contributed by atoms with Crippen LogP contribution in [-0.4, -0.2) is 50.1 Å². The summed E-state index contributed by atoms with van der Waals surface area (Å²) in [5.41, 5.74) is 0.0355. The van der Waals surface area contributed by atoms with E-state index < -0.39 is 0 Å². The van der Waals surface area contributed by atoms with Gasteiger partial charge in [0.05, 0.1) is 0 Å². The number of carbonyl (C=O) groups excluding carboxylic acids is 1. The second kappa shape index (κ2) is 7.99. The van der Waals surface area contributed by atoms with E-state index in [1.54, 1.807) is 0 Å². The quantitative estimate of drug-likeness (QED) is 0.751. The number of nitrogens with zero attached hydrogens (tertiary/aromatic N) is 1. The van der Waals surface area contributed by atoms with Gasteiger partial charge < -0.3 is 15.5 Å². The van der Waals surface area contributed by atoms with Crippen molar-refractivity contribution in [3.63, 3.8) is 0 Å². The number of carbonyl (C=O) groups is 1. The van der Waals surface area contributed by atoms with Gasteiger partial charge in [-0.15, -0.1) is 0 Å². The molecule has 0 aromatic carbocycles. The van der Waals surface area contributed by atoms with Crippen LogP contribution in [0.1, 0.15) is 52.4 Å². The molecule has 1 atom stereocenters. The minimum Gasteiger partial charge on any atom is -0.354 e. The fourth-order valence-electron chi connectivity index (χ4n) is 3.35. The minimum absolute atomic E-state index is 0.0355. The lowest BCUT2D eigenvalue weighted by Gasteiger charge is -2.37. The lowest BCUT2D eigenvalue weighted by Crippen LogP contribution is -2.50. The summed E-state index contributed by atoms with van der Waals surface area (Å²) >= 11 is 0. The predicted octanol–water partition coefficient (Wildman–Crippen LogP) is 2.00. The second-order valence-corrected chi connectivity index (χ2v) is 6.85. The van der Waals surface area contributed by atoms with Gasteiger partial charge in [-0.25, -0.2) is 0 Å². The molecule has 1 unspecified atom stereocenters. The fraction of sp³-hybridized carbons (Fsp3) is 0.938. The minimum atomic E-state index is 0.0355. The Morgan fingerprint density at radius 1 is 1.20 bits per heavy atom. The van der Waals surface area contributed by atoms with Crippen molar-refractivity contribution in [1.29, 1.82) is 0 Å². The Bertz CT molecular complexity index is 288. The van der Waals surface area contributed by atoms with E-state index in [1.807, 2.05) is 7.05 Å². The Morgan fingerprint density at radius 3 is 2.25 bits per heavy atom. The van der Waals surface area contributed by atoms with Gasteiger partial charge in [0.15, 0.2) is 0 Å². The van der Waals surface area contributed by atoms with Gasteiger partial charge in [0.1, 0.15) is 0 Å². The molecule has 1 aliphatic carbocycles. The smallest absolute Gasteiger partial charge is 0.221 e. The second-order valence-electron chi connectivity index (χ2n) is 6.85. The van der Waals surface area contributed by atoms with E-state index in [-0.39, 0.29) is 11.4 Å². The van der Waals surface area contributed by atoms with Crippen LogP contribution in [0.25, 0.3) is 0 Å². The summed E-state index contributed by atoms with van der Waals surface area (Å²) < 4.78 is 0. The molecule has 20 heavy (non-hydrogen) atoms. The van der Waals surface area contributed by atoms with Gasteiger partial charge in [0.2, 0.25) is 5.91 Å². The Kier molecular flexibility index (Phi) is 6.96. The Labute approximate surface area is 124 Å². The van der Waals surface area contributed by atoms with Crippen LogP contribution in [0.4, 0.5) is 0 Å². The van der Waals surface area contributed by atoms with E-state index in [9.17, 15) is 4.79 Å². The average molecular weight is 283 g/mol. The van der Waals surface area contributed by atoms with Crippen LogP contribution in [0.15, 0.2) is 0 Å². The Balaban J connectivity index is 2.46. The summed E-state index contributed by atoms with van der Waals surface area (Å²) in [6.07, 6.45) is 6.64. The maximum absolute atomic E-state index is 12.3. The maximum atomic E-state index is 12.3. The first-order valence-electron chi connectivity index (χ1n) is 8.02. The van der Waals surface area contributed by atoms with Crippen LogP contribution >= 0.6 is 0 Å². The van der Waals surface area contributed by atoms with Gasteiger partial charge >= 0.3 is 0 Å². The van der Waals surface area contributed by atoms with Crippen LogP contribution < -0.4 is 10.6 Å². The zero-order valence-electron chi connectivity index (χ0n) is 14.0. The molecule has 1 rings (SSSR count). The Morgan fingerprint density at radius 2 is 1.80 bits per heavy atom. The monoisotopic (exact) mass is 283 g/mol. The van der Waals surface area contributed by atoms with E-state index in [1.165, 1.54) is 19.3 Å². The molecule has 0 radical (unpaired) electrons. The lowest BCUT2D eigenvalue weighted by atomic mass is 9.79. The number of hydrogen-bond donors (Lipinski definition) is 2. The number of rotatable bonds is 7. The third-order valence-electron chi connectivity index (χ3n) is 4.78. The molecular weight excluding hydrogens is 250 g/mol. The molecule has 1 aliphatic rings. The highest BCUT2D eigenvalue weighted by Crippen LogP contribution is 2.30. The van der Waals surface area contributed by atoms with E-state index in [0.29, 0.717) is 18.4 Å². The van der Waals surface area contributed by atoms with Gasteiger partial charge in [0.25, 0.3) is 0 Å². The molecule has 4 nitrogen and oxygen atoms in total. The number of amides is 1. The van der Waals surface area contributed by atoms with Crippen molar-refractivity contribution in [3.8, 4) is 0 Å². The molecule has 1 saturated carbocycles. The van der Waals surface area contributed by atoms with Crippen LogP contribution in [-0.2, 0) is 4.79 Å². The van der Waals surface area contributed by atoms with E-state index in [4.69, 9.17) is 0 Å². The van der Waals surface area contributed by atoms with Crippen molar-refractivity contribution >= 4 is 5.91 Å². The van der Waals surface area contributed by atoms with Gasteiger partial charge in [-0.3, -0.25) is 4.79 Å². The first kappa shape index (κ1) is 17.4. The average Bonchev–Trinajstić information content (AvgIpc) is 2.39. The number of hydrogen-bond acceptors (Lipinski definition) is 3. The standard InChI is InChI=1S/C16H33N3O/c1-13(2)14(19(4)5)12-18-15(20)11-16(17-3)9-7-6-8-10-16/h13-14,17H,6-12H2,1-5H3,(H,18,20). The van der Waals surface area contributed by atoms with E-state index in [0.717, 1.165) is 19.4 Å². The van der Waals surface area contributed by atoms with Crippen molar-refractivity contribution in [2.24, 2.45) is 5.92 Å². The first-order valence-corrected chi connectivity index (χ1v) is 8.02. The highest BCUT2D eigenvalue weighted by molar-refractivity contribution is 5.77. The molecule has 0 aliphatic heterocycles. The normalized spacial score (nSPS) is 20.1. The predicted molar refractivity (Wildman–Crippen MR) is 84.8 cm³/mol. The molecule has 4 heteroatoms. The number of likely N-dealkylation sites (N-methyl/N-ethyl adjacent to an activating group) is 1. The molecule has 0 spiro atoms. The largest absolute Gasteiger partial charge is 0.354 e. The van der Waals surface area contributed by atoms with Crippen molar-refractivity contribution in [1.82, 2.24) is 15.5 Å². The maximum Gasteiger partial charge on any atom is 0.221 e. The first-order chi connectivity index (χ1) is 9.40. The van der Waals surface area contributed by atoms with Crippen LogP contribution in [0, 0.1) is 5.92 Å². The molecule has 1 fully saturated rings. The molecule has 0 saturated heterocycles. The van der Waals surface area contributed by atoms with Crippen LogP contribution in [0.5, 0.6) is 0 Å². The summed E-state index contributed by atoms with van der Waals surface area (Å²) in [6.45, 7) is 5.14. The van der Waals surface area contributed by atoms with Crippen LogP contribution in [0.3, 0.4) is 0 Å². The summed E-state index contributed by atoms with van der Waals surface area (Å²) in [5.74, 6) is 0.729. The summed E-state index contributed by atoms with van der Waals surface area (Å²) in [7, 11) is 6.15. The van der Waals surface area contributed by atoms with Gasteiger partial charge in [-0.2, -0.15) is 0 Å². The summed E-state index contributed by atoms with van der Waals surface area (Å²) in [6, 6.07) is 0.399. The number of nitrogens with one attached hydrogen (secondary N) is 2. The van der Waals surface area contributed by atoms with Crippen molar-refractivity contribution in [3.05, 3.63) is 0 Å². The third-order valence-corrected chi connectivity index (χ3v) is 4.78. The molecule has 118 valence electrons. The van der Waals surface area contributed by atoms with Crippen molar-refractivity contribution < 1.29 is 4.79 Å². The zero-order chi connectivity index (χ0) is 15.2. The molecule has 2 N–H and O–H groups in total. The van der Waals surface area contributed by atoms with Crippen molar-refractivity contribution in [2.45, 2.75) is 64.0 Å².